The lowest BCUT2D eigenvalue weighted by atomic mass is 9.59. The lowest BCUT2D eigenvalue weighted by molar-refractivity contribution is -0.124. The first kappa shape index (κ1) is 14.6. The van der Waals surface area contributed by atoms with Gasteiger partial charge in [0.1, 0.15) is 11.5 Å². The zero-order valence-electron chi connectivity index (χ0n) is 13.1. The molecule has 21 heavy (non-hydrogen) atoms. The Balaban J connectivity index is 1.96. The maximum Gasteiger partial charge on any atom is 0.133 e. The number of nitrogens with zero attached hydrogens (tertiary/aromatic N) is 1. The maximum atomic E-state index is 12.0. The van der Waals surface area contributed by atoms with Gasteiger partial charge in [0.15, 0.2) is 0 Å². The zero-order chi connectivity index (χ0) is 14.9. The van der Waals surface area contributed by atoms with Crippen molar-refractivity contribution in [1.82, 2.24) is 4.90 Å². The number of Topliss-reactive ketones (excluding diaryl/α,β-unsaturated/α-hetero) is 1. The molecule has 2 fully saturated rings. The number of methoxy groups -OCH3 is 1. The molecule has 1 aliphatic heterocycles. The highest BCUT2D eigenvalue weighted by molar-refractivity contribution is 5.80. The molecular weight excluding hydrogens is 262 g/mol. The number of piperidine rings is 1. The van der Waals surface area contributed by atoms with Crippen LogP contribution in [0.5, 0.6) is 5.75 Å². The summed E-state index contributed by atoms with van der Waals surface area (Å²) in [7, 11) is 1.72. The van der Waals surface area contributed by atoms with E-state index < -0.39 is 0 Å². The Hall–Kier alpha value is -1.35. The molecule has 1 aromatic carbocycles. The van der Waals surface area contributed by atoms with Crippen molar-refractivity contribution < 1.29 is 9.53 Å². The molecule has 3 nitrogen and oxygen atoms in total. The number of rotatable bonds is 3. The molecule has 1 aliphatic carbocycles. The van der Waals surface area contributed by atoms with E-state index in [4.69, 9.17) is 4.74 Å². The van der Waals surface area contributed by atoms with Crippen molar-refractivity contribution in [3.63, 3.8) is 0 Å². The molecule has 1 saturated carbocycles. The lowest BCUT2D eigenvalue weighted by Gasteiger charge is -2.50. The third kappa shape index (κ3) is 2.59. The van der Waals surface area contributed by atoms with E-state index in [1.54, 1.807) is 7.11 Å². The fourth-order valence-corrected chi connectivity index (χ4v) is 4.21. The fourth-order valence-electron chi connectivity index (χ4n) is 4.21. The minimum Gasteiger partial charge on any atom is -0.497 e. The quantitative estimate of drug-likeness (QED) is 0.856. The van der Waals surface area contributed by atoms with E-state index in [-0.39, 0.29) is 5.41 Å². The van der Waals surface area contributed by atoms with Gasteiger partial charge in [0.25, 0.3) is 0 Å². The van der Waals surface area contributed by atoms with Gasteiger partial charge in [-0.3, -0.25) is 4.79 Å². The molecular formula is C18H25NO2. The molecule has 0 spiro atoms. The summed E-state index contributed by atoms with van der Waals surface area (Å²) >= 11 is 0. The number of likely N-dealkylation sites (tertiary alicyclic amines) is 1. The molecule has 0 N–H and O–H groups in total. The van der Waals surface area contributed by atoms with Crippen LogP contribution in [0.25, 0.3) is 0 Å². The van der Waals surface area contributed by atoms with Gasteiger partial charge in [0.05, 0.1) is 7.11 Å². The second-order valence-corrected chi connectivity index (χ2v) is 6.47. The molecule has 3 heteroatoms. The van der Waals surface area contributed by atoms with Gasteiger partial charge in [-0.05, 0) is 49.5 Å². The Morgan fingerprint density at radius 1 is 1.38 bits per heavy atom. The minimum absolute atomic E-state index is 0.175. The first-order valence-corrected chi connectivity index (χ1v) is 8.06. The van der Waals surface area contributed by atoms with Crippen LogP contribution in [0.3, 0.4) is 0 Å². The van der Waals surface area contributed by atoms with Gasteiger partial charge in [-0.25, -0.2) is 0 Å². The van der Waals surface area contributed by atoms with Gasteiger partial charge in [-0.2, -0.15) is 0 Å². The van der Waals surface area contributed by atoms with Gasteiger partial charge in [-0.1, -0.05) is 19.1 Å². The van der Waals surface area contributed by atoms with Crippen molar-refractivity contribution in [3.05, 3.63) is 29.8 Å². The largest absolute Gasteiger partial charge is 0.497 e. The summed E-state index contributed by atoms with van der Waals surface area (Å²) in [6.45, 7) is 5.49. The normalized spacial score (nSPS) is 30.0. The average Bonchev–Trinajstić information content (AvgIpc) is 2.54. The van der Waals surface area contributed by atoms with Crippen LogP contribution in [0.1, 0.15) is 38.2 Å². The van der Waals surface area contributed by atoms with Gasteiger partial charge in [0.2, 0.25) is 0 Å². The molecule has 0 amide bonds. The molecule has 0 radical (unpaired) electrons. The number of hydrogen-bond donors (Lipinski definition) is 0. The molecule has 3 rings (SSSR count). The summed E-state index contributed by atoms with van der Waals surface area (Å²) in [5, 5.41) is 0. The highest BCUT2D eigenvalue weighted by atomic mass is 16.5. The highest BCUT2D eigenvalue weighted by Crippen LogP contribution is 2.48. The standard InChI is InChI=1S/C18H25NO2/c1-3-19-10-9-18(8-7-16(20)11-15(18)13-19)14-5-4-6-17(12-14)21-2/h4-6,12,15H,3,7-11,13H2,1-2H3. The van der Waals surface area contributed by atoms with Crippen molar-refractivity contribution in [1.29, 1.82) is 0 Å². The zero-order valence-corrected chi connectivity index (χ0v) is 13.1. The summed E-state index contributed by atoms with van der Waals surface area (Å²) < 4.78 is 5.41. The van der Waals surface area contributed by atoms with Crippen molar-refractivity contribution in [2.24, 2.45) is 5.92 Å². The summed E-state index contributed by atoms with van der Waals surface area (Å²) in [5.74, 6) is 1.83. The van der Waals surface area contributed by atoms with Crippen LogP contribution in [0, 0.1) is 5.92 Å². The van der Waals surface area contributed by atoms with Crippen LogP contribution >= 0.6 is 0 Å². The topological polar surface area (TPSA) is 29.5 Å². The Kier molecular flexibility index (Phi) is 4.03. The molecule has 2 unspecified atom stereocenters. The number of carbonyl (C=O) groups is 1. The van der Waals surface area contributed by atoms with E-state index in [2.05, 4.69) is 30.0 Å². The lowest BCUT2D eigenvalue weighted by Crippen LogP contribution is -2.52. The Labute approximate surface area is 127 Å². The SMILES string of the molecule is CCN1CCC2(c3cccc(OC)c3)CCC(=O)CC2C1. The smallest absolute Gasteiger partial charge is 0.133 e. The van der Waals surface area contributed by atoms with Gasteiger partial charge in [-0.15, -0.1) is 0 Å². The summed E-state index contributed by atoms with van der Waals surface area (Å²) in [6.07, 6.45) is 3.64. The number of hydrogen-bond acceptors (Lipinski definition) is 3. The van der Waals surface area contributed by atoms with Gasteiger partial charge in [0, 0.05) is 24.8 Å². The number of benzene rings is 1. The average molecular weight is 287 g/mol. The van der Waals surface area contributed by atoms with E-state index in [0.717, 1.165) is 51.1 Å². The second kappa shape index (κ2) is 5.80. The van der Waals surface area contributed by atoms with Crippen LogP contribution in [0.2, 0.25) is 0 Å². The molecule has 1 aromatic rings. The fraction of sp³-hybridized carbons (Fsp3) is 0.611. The van der Waals surface area contributed by atoms with Crippen LogP contribution in [0.4, 0.5) is 0 Å². The second-order valence-electron chi connectivity index (χ2n) is 6.47. The summed E-state index contributed by atoms with van der Waals surface area (Å²) in [5.41, 5.74) is 1.55. The van der Waals surface area contributed by atoms with Crippen LogP contribution in [-0.4, -0.2) is 37.4 Å². The van der Waals surface area contributed by atoms with Gasteiger partial charge >= 0.3 is 0 Å². The monoisotopic (exact) mass is 287 g/mol. The predicted octanol–water partition coefficient (Wildman–Crippen LogP) is 3.03. The van der Waals surface area contributed by atoms with E-state index in [1.807, 2.05) is 6.07 Å². The van der Waals surface area contributed by atoms with Crippen LogP contribution in [0.15, 0.2) is 24.3 Å². The first-order valence-electron chi connectivity index (χ1n) is 8.06. The third-order valence-corrected chi connectivity index (χ3v) is 5.55. The molecule has 1 saturated heterocycles. The van der Waals surface area contributed by atoms with Crippen molar-refractivity contribution in [2.75, 3.05) is 26.7 Å². The van der Waals surface area contributed by atoms with E-state index in [0.29, 0.717) is 11.7 Å². The van der Waals surface area contributed by atoms with Crippen LogP contribution in [-0.2, 0) is 10.2 Å². The summed E-state index contributed by atoms with van der Waals surface area (Å²) in [4.78, 5) is 14.5. The van der Waals surface area contributed by atoms with E-state index >= 15 is 0 Å². The molecule has 0 aromatic heterocycles. The Bertz CT molecular complexity index is 528. The maximum absolute atomic E-state index is 12.0. The molecule has 0 bridgehead atoms. The highest BCUT2D eigenvalue weighted by Gasteiger charge is 2.47. The van der Waals surface area contributed by atoms with Gasteiger partial charge < -0.3 is 9.64 Å². The minimum atomic E-state index is 0.175. The number of fused-ring (bicyclic) bond motifs is 1. The molecule has 114 valence electrons. The van der Waals surface area contributed by atoms with Crippen molar-refractivity contribution in [2.45, 2.75) is 38.0 Å². The van der Waals surface area contributed by atoms with Crippen LogP contribution < -0.4 is 4.74 Å². The van der Waals surface area contributed by atoms with E-state index in [9.17, 15) is 4.79 Å². The predicted molar refractivity (Wildman–Crippen MR) is 83.8 cm³/mol. The Morgan fingerprint density at radius 2 is 2.24 bits per heavy atom. The van der Waals surface area contributed by atoms with Crippen molar-refractivity contribution >= 4 is 5.78 Å². The molecule has 1 heterocycles. The Morgan fingerprint density at radius 3 is 3.00 bits per heavy atom. The number of ether oxygens (including phenoxy) is 1. The number of carbonyl (C=O) groups excluding carboxylic acids is 1. The molecule has 2 aliphatic rings. The first-order chi connectivity index (χ1) is 10.2. The van der Waals surface area contributed by atoms with Crippen molar-refractivity contribution in [3.8, 4) is 5.75 Å². The summed E-state index contributed by atoms with van der Waals surface area (Å²) in [6, 6.07) is 8.50. The third-order valence-electron chi connectivity index (χ3n) is 5.55. The van der Waals surface area contributed by atoms with E-state index in [1.165, 1.54) is 5.56 Å². The molecule has 2 atom stereocenters. The number of ketones is 1.